The van der Waals surface area contributed by atoms with Gasteiger partial charge < -0.3 is 4.52 Å². The van der Waals surface area contributed by atoms with E-state index in [2.05, 4.69) is 16.7 Å². The summed E-state index contributed by atoms with van der Waals surface area (Å²) >= 11 is 0. The summed E-state index contributed by atoms with van der Waals surface area (Å²) in [5.74, 6) is -0.0515. The van der Waals surface area contributed by atoms with Gasteiger partial charge in [-0.3, -0.25) is 19.5 Å². The smallest absolute Gasteiger partial charge is 0.261 e. The van der Waals surface area contributed by atoms with Crippen LogP contribution in [0.25, 0.3) is 17.3 Å². The lowest BCUT2D eigenvalue weighted by Crippen LogP contribution is -2.34. The molecule has 6 heteroatoms. The van der Waals surface area contributed by atoms with E-state index in [1.54, 1.807) is 31.3 Å². The molecule has 0 saturated heterocycles. The van der Waals surface area contributed by atoms with Crippen molar-refractivity contribution >= 4 is 17.9 Å². The molecule has 0 spiro atoms. The molecule has 0 radical (unpaired) electrons. The zero-order valence-corrected chi connectivity index (χ0v) is 14.3. The Bertz CT molecular complexity index is 984. The Morgan fingerprint density at radius 2 is 2.15 bits per heavy atom. The number of carbonyl (C=O) groups excluding carboxylic acids is 2. The summed E-state index contributed by atoms with van der Waals surface area (Å²) in [5.41, 5.74) is 3.27. The monoisotopic (exact) mass is 347 g/mol. The standard InChI is InChI=1S/C20H17N3O3/c1-3-14-10-13(8-9-21-14)17-11-18(26-22-17)12(2)23-19(24)15-6-4-5-7-16(15)20(23)25/h3-4,6,8-12H,1,5,7H2,2H3. The zero-order chi connectivity index (χ0) is 18.3. The number of pyridine rings is 1. The van der Waals surface area contributed by atoms with Crippen LogP contribution in [0.3, 0.4) is 0 Å². The van der Waals surface area contributed by atoms with E-state index >= 15 is 0 Å². The molecule has 1 unspecified atom stereocenters. The maximum absolute atomic E-state index is 12.7. The van der Waals surface area contributed by atoms with Gasteiger partial charge in [0, 0.05) is 29.0 Å². The van der Waals surface area contributed by atoms with Gasteiger partial charge in [0.05, 0.1) is 11.7 Å². The van der Waals surface area contributed by atoms with Gasteiger partial charge in [-0.2, -0.15) is 0 Å². The van der Waals surface area contributed by atoms with Crippen molar-refractivity contribution in [2.24, 2.45) is 0 Å². The number of rotatable bonds is 4. The largest absolute Gasteiger partial charge is 0.359 e. The molecule has 3 heterocycles. The van der Waals surface area contributed by atoms with E-state index in [0.717, 1.165) is 17.7 Å². The molecule has 0 bridgehead atoms. The highest BCUT2D eigenvalue weighted by atomic mass is 16.5. The number of amides is 2. The molecule has 26 heavy (non-hydrogen) atoms. The SMILES string of the molecule is C=Cc1cc(-c2cc(C(C)N3C(=O)C4=C(CCC=C4)C3=O)on2)ccn1. The van der Waals surface area contributed by atoms with Crippen LogP contribution in [0.15, 0.2) is 58.8 Å². The number of hydrogen-bond donors (Lipinski definition) is 0. The molecule has 1 aliphatic heterocycles. The van der Waals surface area contributed by atoms with Crippen LogP contribution in [0.5, 0.6) is 0 Å². The Balaban J connectivity index is 1.62. The van der Waals surface area contributed by atoms with Crippen LogP contribution in [0.4, 0.5) is 0 Å². The van der Waals surface area contributed by atoms with E-state index in [1.807, 2.05) is 18.2 Å². The number of nitrogens with zero attached hydrogens (tertiary/aromatic N) is 3. The Kier molecular flexibility index (Phi) is 3.88. The third-order valence-electron chi connectivity index (χ3n) is 4.71. The summed E-state index contributed by atoms with van der Waals surface area (Å²) in [6.07, 6.45) is 8.36. The van der Waals surface area contributed by atoms with Gasteiger partial charge in [0.25, 0.3) is 11.8 Å². The zero-order valence-electron chi connectivity index (χ0n) is 14.3. The minimum Gasteiger partial charge on any atom is -0.359 e. The van der Waals surface area contributed by atoms with Gasteiger partial charge >= 0.3 is 0 Å². The molecule has 1 aliphatic carbocycles. The predicted molar refractivity (Wildman–Crippen MR) is 95.5 cm³/mol. The number of aromatic nitrogens is 2. The lowest BCUT2D eigenvalue weighted by atomic mass is 10.00. The molecule has 0 saturated carbocycles. The van der Waals surface area contributed by atoms with Gasteiger partial charge in [-0.25, -0.2) is 0 Å². The fraction of sp³-hybridized carbons (Fsp3) is 0.200. The van der Waals surface area contributed by atoms with Gasteiger partial charge in [-0.1, -0.05) is 23.9 Å². The Labute approximate surface area is 150 Å². The van der Waals surface area contributed by atoms with E-state index in [-0.39, 0.29) is 11.8 Å². The first-order chi connectivity index (χ1) is 12.6. The molecule has 0 N–H and O–H groups in total. The van der Waals surface area contributed by atoms with Crippen LogP contribution < -0.4 is 0 Å². The molecule has 6 nitrogen and oxygen atoms in total. The number of imide groups is 1. The lowest BCUT2D eigenvalue weighted by Gasteiger charge is -2.20. The van der Waals surface area contributed by atoms with Crippen LogP contribution in [-0.2, 0) is 9.59 Å². The second kappa shape index (κ2) is 6.22. The molecule has 0 fully saturated rings. The average molecular weight is 347 g/mol. The minimum absolute atomic E-state index is 0.238. The van der Waals surface area contributed by atoms with Crippen molar-refractivity contribution in [3.8, 4) is 11.3 Å². The minimum atomic E-state index is -0.532. The topological polar surface area (TPSA) is 76.3 Å². The van der Waals surface area contributed by atoms with Crippen LogP contribution in [-0.4, -0.2) is 26.9 Å². The van der Waals surface area contributed by atoms with Crippen LogP contribution in [0.2, 0.25) is 0 Å². The fourth-order valence-corrected chi connectivity index (χ4v) is 3.27. The molecule has 4 rings (SSSR count). The van der Waals surface area contributed by atoms with Crippen molar-refractivity contribution in [2.45, 2.75) is 25.8 Å². The molecule has 0 aromatic carbocycles. The maximum atomic E-state index is 12.7. The number of allylic oxidation sites excluding steroid dienone is 1. The lowest BCUT2D eigenvalue weighted by molar-refractivity contribution is -0.140. The normalized spacial score (nSPS) is 17.7. The first kappa shape index (κ1) is 16.2. The molecule has 2 amide bonds. The first-order valence-corrected chi connectivity index (χ1v) is 8.43. The fourth-order valence-electron chi connectivity index (χ4n) is 3.27. The van der Waals surface area contributed by atoms with Crippen molar-refractivity contribution in [2.75, 3.05) is 0 Å². The highest BCUT2D eigenvalue weighted by Gasteiger charge is 2.41. The van der Waals surface area contributed by atoms with Crippen LogP contribution in [0, 0.1) is 0 Å². The summed E-state index contributed by atoms with van der Waals surface area (Å²) in [6, 6.07) is 4.88. The summed E-state index contributed by atoms with van der Waals surface area (Å²) in [4.78, 5) is 30.7. The van der Waals surface area contributed by atoms with Crippen LogP contribution >= 0.6 is 0 Å². The highest BCUT2D eigenvalue weighted by molar-refractivity contribution is 6.21. The Hall–Kier alpha value is -3.28. The van der Waals surface area contributed by atoms with E-state index in [4.69, 9.17) is 4.52 Å². The van der Waals surface area contributed by atoms with Crippen molar-refractivity contribution in [1.82, 2.24) is 15.0 Å². The predicted octanol–water partition coefficient (Wildman–Crippen LogP) is 3.46. The van der Waals surface area contributed by atoms with E-state index in [1.165, 1.54) is 4.90 Å². The van der Waals surface area contributed by atoms with Gasteiger partial charge in [0.2, 0.25) is 0 Å². The molecular formula is C20H17N3O3. The second-order valence-electron chi connectivity index (χ2n) is 6.28. The summed E-state index contributed by atoms with van der Waals surface area (Å²) in [5, 5.41) is 4.08. The van der Waals surface area contributed by atoms with Crippen molar-refractivity contribution in [3.05, 3.63) is 65.7 Å². The third kappa shape index (κ3) is 2.50. The Morgan fingerprint density at radius 3 is 2.92 bits per heavy atom. The molecule has 1 atom stereocenters. The molecular weight excluding hydrogens is 330 g/mol. The summed E-state index contributed by atoms with van der Waals surface area (Å²) in [7, 11) is 0. The molecule has 2 aromatic heterocycles. The summed E-state index contributed by atoms with van der Waals surface area (Å²) in [6.45, 7) is 5.47. The quantitative estimate of drug-likeness (QED) is 0.792. The van der Waals surface area contributed by atoms with E-state index in [9.17, 15) is 9.59 Å². The van der Waals surface area contributed by atoms with E-state index < -0.39 is 6.04 Å². The van der Waals surface area contributed by atoms with Gasteiger partial charge in [0.1, 0.15) is 5.69 Å². The molecule has 2 aromatic rings. The number of carbonyl (C=O) groups is 2. The van der Waals surface area contributed by atoms with Gasteiger partial charge in [0.15, 0.2) is 5.76 Å². The van der Waals surface area contributed by atoms with Gasteiger partial charge in [-0.05, 0) is 38.0 Å². The maximum Gasteiger partial charge on any atom is 0.261 e. The van der Waals surface area contributed by atoms with Crippen molar-refractivity contribution in [3.63, 3.8) is 0 Å². The molecule has 2 aliphatic rings. The second-order valence-corrected chi connectivity index (χ2v) is 6.28. The number of hydrogen-bond acceptors (Lipinski definition) is 5. The molecule has 130 valence electrons. The van der Waals surface area contributed by atoms with Gasteiger partial charge in [-0.15, -0.1) is 0 Å². The Morgan fingerprint density at radius 1 is 1.31 bits per heavy atom. The third-order valence-corrected chi connectivity index (χ3v) is 4.71. The summed E-state index contributed by atoms with van der Waals surface area (Å²) < 4.78 is 5.44. The van der Waals surface area contributed by atoms with Crippen LogP contribution in [0.1, 0.15) is 37.3 Å². The average Bonchev–Trinajstić information content (AvgIpc) is 3.26. The van der Waals surface area contributed by atoms with E-state index in [0.29, 0.717) is 29.0 Å². The first-order valence-electron chi connectivity index (χ1n) is 8.43. The highest BCUT2D eigenvalue weighted by Crippen LogP contribution is 2.35. The van der Waals surface area contributed by atoms with Crippen molar-refractivity contribution in [1.29, 1.82) is 0 Å². The van der Waals surface area contributed by atoms with Crippen molar-refractivity contribution < 1.29 is 14.1 Å².